The zero-order valence-corrected chi connectivity index (χ0v) is 9.89. The minimum absolute atomic E-state index is 0.343. The highest BCUT2D eigenvalue weighted by molar-refractivity contribution is 7.80. The van der Waals surface area contributed by atoms with Crippen molar-refractivity contribution in [2.75, 3.05) is 14.1 Å². The Morgan fingerprint density at radius 3 is 2.67 bits per heavy atom. The van der Waals surface area contributed by atoms with Gasteiger partial charge in [0, 0.05) is 20.2 Å². The molecule has 0 unspecified atom stereocenters. The quantitative estimate of drug-likeness (QED) is 0.707. The van der Waals surface area contributed by atoms with Gasteiger partial charge in [0.15, 0.2) is 0 Å². The van der Waals surface area contributed by atoms with Crippen molar-refractivity contribution in [3.63, 3.8) is 0 Å². The Morgan fingerprint density at radius 2 is 2.20 bits per heavy atom. The topological polar surface area (TPSA) is 36.3 Å². The first-order valence-corrected chi connectivity index (χ1v) is 4.92. The van der Waals surface area contributed by atoms with Crippen molar-refractivity contribution in [1.82, 2.24) is 4.90 Å². The summed E-state index contributed by atoms with van der Waals surface area (Å²) in [6.45, 7) is 0. The molecule has 0 heterocycles. The van der Waals surface area contributed by atoms with E-state index in [4.69, 9.17) is 33.8 Å². The number of nitrogens with zero attached hydrogens (tertiary/aromatic N) is 2. The largest absolute Gasteiger partial charge is 0.432 e. The third-order valence-corrected chi connectivity index (χ3v) is 2.39. The summed E-state index contributed by atoms with van der Waals surface area (Å²) in [5, 5.41) is 9.37. The molecule has 0 bridgehead atoms. The smallest absolute Gasteiger partial charge is 0.264 e. The van der Waals surface area contributed by atoms with E-state index in [1.54, 1.807) is 37.2 Å². The maximum absolute atomic E-state index is 8.67. The number of benzene rings is 1. The molecule has 0 N–H and O–H groups in total. The maximum atomic E-state index is 8.67. The lowest BCUT2D eigenvalue weighted by Gasteiger charge is -2.14. The highest BCUT2D eigenvalue weighted by atomic mass is 35.5. The number of thiocarbonyl (C=S) groups is 1. The molecule has 0 aliphatic heterocycles. The van der Waals surface area contributed by atoms with Gasteiger partial charge in [0.25, 0.3) is 5.17 Å². The van der Waals surface area contributed by atoms with Gasteiger partial charge in [-0.3, -0.25) is 0 Å². The van der Waals surface area contributed by atoms with E-state index in [1.807, 2.05) is 6.07 Å². The van der Waals surface area contributed by atoms with Crippen LogP contribution in [0.4, 0.5) is 0 Å². The number of rotatable bonds is 1. The Balaban J connectivity index is 2.86. The summed E-state index contributed by atoms with van der Waals surface area (Å²) < 4.78 is 5.32. The molecular formula is C10H9ClN2OS. The number of ether oxygens (including phenoxy) is 1. The standard InChI is InChI=1S/C10H9ClN2OS/c1-13(2)10(15)14-8-4-3-7(6-12)9(11)5-8/h3-5H,1-2H3. The zero-order valence-electron chi connectivity index (χ0n) is 8.32. The highest BCUT2D eigenvalue weighted by Crippen LogP contribution is 2.22. The molecule has 5 heteroatoms. The van der Waals surface area contributed by atoms with Gasteiger partial charge in [-0.1, -0.05) is 11.6 Å². The van der Waals surface area contributed by atoms with E-state index in [1.165, 1.54) is 0 Å². The van der Waals surface area contributed by atoms with Crippen LogP contribution >= 0.6 is 23.8 Å². The fourth-order valence-electron chi connectivity index (χ4n) is 0.842. The van der Waals surface area contributed by atoms with Crippen molar-refractivity contribution in [2.45, 2.75) is 0 Å². The molecule has 0 aliphatic carbocycles. The van der Waals surface area contributed by atoms with Gasteiger partial charge in [0.05, 0.1) is 10.6 Å². The Kier molecular flexibility index (Phi) is 3.89. The van der Waals surface area contributed by atoms with Crippen LogP contribution in [0.5, 0.6) is 5.75 Å². The molecule has 0 saturated carbocycles. The van der Waals surface area contributed by atoms with E-state index in [2.05, 4.69) is 0 Å². The first kappa shape index (κ1) is 11.8. The summed E-state index contributed by atoms with van der Waals surface area (Å²) in [7, 11) is 3.57. The molecule has 0 radical (unpaired) electrons. The minimum Gasteiger partial charge on any atom is -0.432 e. The first-order chi connectivity index (χ1) is 7.04. The average Bonchev–Trinajstić information content (AvgIpc) is 2.18. The molecule has 3 nitrogen and oxygen atoms in total. The Morgan fingerprint density at radius 1 is 1.53 bits per heavy atom. The van der Waals surface area contributed by atoms with Crippen LogP contribution in [0.25, 0.3) is 0 Å². The summed E-state index contributed by atoms with van der Waals surface area (Å²) in [6, 6.07) is 6.78. The third-order valence-electron chi connectivity index (χ3n) is 1.63. The van der Waals surface area contributed by atoms with Crippen LogP contribution in [0, 0.1) is 11.3 Å². The normalized spacial score (nSPS) is 9.20. The van der Waals surface area contributed by atoms with E-state index in [-0.39, 0.29) is 0 Å². The van der Waals surface area contributed by atoms with Gasteiger partial charge in [0.2, 0.25) is 0 Å². The predicted molar refractivity (Wildman–Crippen MR) is 63.1 cm³/mol. The zero-order chi connectivity index (χ0) is 11.4. The van der Waals surface area contributed by atoms with E-state index in [9.17, 15) is 0 Å². The monoisotopic (exact) mass is 240 g/mol. The van der Waals surface area contributed by atoms with Crippen molar-refractivity contribution in [3.05, 3.63) is 28.8 Å². The summed E-state index contributed by atoms with van der Waals surface area (Å²) >= 11 is 10.8. The summed E-state index contributed by atoms with van der Waals surface area (Å²) in [5.74, 6) is 0.526. The van der Waals surface area contributed by atoms with Gasteiger partial charge in [-0.15, -0.1) is 0 Å². The Bertz CT molecular complexity index is 426. The predicted octanol–water partition coefficient (Wildman–Crippen LogP) is 2.44. The number of hydrogen-bond acceptors (Lipinski definition) is 3. The average molecular weight is 241 g/mol. The number of nitriles is 1. The van der Waals surface area contributed by atoms with E-state index < -0.39 is 0 Å². The van der Waals surface area contributed by atoms with E-state index in [0.717, 1.165) is 0 Å². The fraction of sp³-hybridized carbons (Fsp3) is 0.200. The second-order valence-corrected chi connectivity index (χ2v) is 3.77. The van der Waals surface area contributed by atoms with Gasteiger partial charge in [-0.25, -0.2) is 0 Å². The van der Waals surface area contributed by atoms with Crippen LogP contribution in [0.1, 0.15) is 5.56 Å². The van der Waals surface area contributed by atoms with Crippen molar-refractivity contribution < 1.29 is 4.74 Å². The lowest BCUT2D eigenvalue weighted by molar-refractivity contribution is 0.449. The van der Waals surface area contributed by atoms with Gasteiger partial charge in [0.1, 0.15) is 11.8 Å². The van der Waals surface area contributed by atoms with Crippen molar-refractivity contribution >= 4 is 29.0 Å². The second-order valence-electron chi connectivity index (χ2n) is 3.02. The van der Waals surface area contributed by atoms with Gasteiger partial charge >= 0.3 is 0 Å². The molecule has 0 amide bonds. The van der Waals surface area contributed by atoms with Crippen molar-refractivity contribution in [1.29, 1.82) is 5.26 Å². The molecule has 78 valence electrons. The Labute approximate surface area is 98.8 Å². The molecule has 0 aromatic heterocycles. The van der Waals surface area contributed by atoms with Crippen LogP contribution in [-0.2, 0) is 0 Å². The molecule has 0 spiro atoms. The molecule has 0 saturated heterocycles. The van der Waals surface area contributed by atoms with Gasteiger partial charge in [-0.2, -0.15) is 5.26 Å². The molecule has 0 fully saturated rings. The molecule has 0 aliphatic rings. The number of hydrogen-bond donors (Lipinski definition) is 0. The first-order valence-electron chi connectivity index (χ1n) is 4.13. The lowest BCUT2D eigenvalue weighted by atomic mass is 10.2. The second kappa shape index (κ2) is 4.96. The van der Waals surface area contributed by atoms with Gasteiger partial charge in [-0.05, 0) is 24.4 Å². The van der Waals surface area contributed by atoms with Crippen LogP contribution in [-0.4, -0.2) is 24.2 Å². The molecule has 0 atom stereocenters. The molecule has 1 rings (SSSR count). The van der Waals surface area contributed by atoms with Crippen LogP contribution in [0.15, 0.2) is 18.2 Å². The highest BCUT2D eigenvalue weighted by Gasteiger charge is 2.05. The van der Waals surface area contributed by atoms with Gasteiger partial charge < -0.3 is 9.64 Å². The molecule has 1 aromatic rings. The number of halogens is 1. The summed E-state index contributed by atoms with van der Waals surface area (Å²) in [4.78, 5) is 1.67. The summed E-state index contributed by atoms with van der Waals surface area (Å²) in [6.07, 6.45) is 0. The molecular weight excluding hydrogens is 232 g/mol. The van der Waals surface area contributed by atoms with E-state index >= 15 is 0 Å². The van der Waals surface area contributed by atoms with Crippen LogP contribution in [0.3, 0.4) is 0 Å². The fourth-order valence-corrected chi connectivity index (χ4v) is 1.15. The van der Waals surface area contributed by atoms with Crippen LogP contribution in [0.2, 0.25) is 5.02 Å². The minimum atomic E-state index is 0.343. The summed E-state index contributed by atoms with van der Waals surface area (Å²) in [5.41, 5.74) is 0.416. The lowest BCUT2D eigenvalue weighted by Crippen LogP contribution is -2.24. The Hall–Kier alpha value is -1.31. The van der Waals surface area contributed by atoms with Crippen molar-refractivity contribution in [2.24, 2.45) is 0 Å². The third kappa shape index (κ3) is 3.08. The van der Waals surface area contributed by atoms with Crippen molar-refractivity contribution in [3.8, 4) is 11.8 Å². The molecule has 1 aromatic carbocycles. The van der Waals surface area contributed by atoms with Crippen LogP contribution < -0.4 is 4.74 Å². The SMILES string of the molecule is CN(C)C(=S)Oc1ccc(C#N)c(Cl)c1. The molecule has 15 heavy (non-hydrogen) atoms. The van der Waals surface area contributed by atoms with E-state index in [0.29, 0.717) is 21.5 Å². The maximum Gasteiger partial charge on any atom is 0.264 e.